The molecule has 0 N–H and O–H groups in total. The smallest absolute Gasteiger partial charge is 0.410 e. The molecule has 110 valence electrons. The van der Waals surface area contributed by atoms with E-state index in [0.29, 0.717) is 25.1 Å². The van der Waals surface area contributed by atoms with Crippen molar-refractivity contribution in [2.75, 3.05) is 13.1 Å². The lowest BCUT2D eigenvalue weighted by atomic mass is 9.98. The van der Waals surface area contributed by atoms with Gasteiger partial charge in [0.25, 0.3) is 0 Å². The van der Waals surface area contributed by atoms with Gasteiger partial charge in [0.2, 0.25) is 0 Å². The third kappa shape index (κ3) is 3.46. The molecule has 0 aromatic heterocycles. The lowest BCUT2D eigenvalue weighted by molar-refractivity contribution is 0.0292. The van der Waals surface area contributed by atoms with Crippen LogP contribution in [-0.2, 0) is 4.74 Å². The highest BCUT2D eigenvalue weighted by molar-refractivity contribution is 5.68. The van der Waals surface area contributed by atoms with Crippen molar-refractivity contribution in [3.05, 3.63) is 35.4 Å². The normalized spacial score (nSPS) is 19.2. The summed E-state index contributed by atoms with van der Waals surface area (Å²) < 4.78 is 31.9. The first-order valence-electron chi connectivity index (χ1n) is 6.69. The number of ether oxygens (including phenoxy) is 1. The van der Waals surface area contributed by atoms with Gasteiger partial charge in [0.1, 0.15) is 17.2 Å². The molecule has 1 aromatic rings. The van der Waals surface area contributed by atoms with E-state index in [4.69, 9.17) is 4.74 Å². The lowest BCUT2D eigenvalue weighted by Crippen LogP contribution is -2.35. The Kier molecular flexibility index (Phi) is 3.97. The van der Waals surface area contributed by atoms with Gasteiger partial charge in [0.05, 0.1) is 0 Å². The van der Waals surface area contributed by atoms with Crippen LogP contribution in [0.3, 0.4) is 0 Å². The molecule has 1 aromatic carbocycles. The second-order valence-corrected chi connectivity index (χ2v) is 6.08. The quantitative estimate of drug-likeness (QED) is 0.786. The maximum Gasteiger partial charge on any atom is 0.410 e. The Bertz CT molecular complexity index is 511. The largest absolute Gasteiger partial charge is 0.444 e. The Morgan fingerprint density at radius 1 is 1.35 bits per heavy atom. The van der Waals surface area contributed by atoms with Crippen molar-refractivity contribution in [3.8, 4) is 0 Å². The molecule has 5 heteroatoms. The van der Waals surface area contributed by atoms with Gasteiger partial charge >= 0.3 is 6.09 Å². The molecule has 1 aliphatic heterocycles. The number of hydrogen-bond acceptors (Lipinski definition) is 2. The van der Waals surface area contributed by atoms with Crippen molar-refractivity contribution in [2.24, 2.45) is 0 Å². The van der Waals surface area contributed by atoms with Crippen molar-refractivity contribution in [1.29, 1.82) is 0 Å². The van der Waals surface area contributed by atoms with Crippen molar-refractivity contribution in [1.82, 2.24) is 4.90 Å². The first kappa shape index (κ1) is 14.8. The van der Waals surface area contributed by atoms with Gasteiger partial charge in [-0.2, -0.15) is 0 Å². The van der Waals surface area contributed by atoms with Gasteiger partial charge in [-0.3, -0.25) is 0 Å². The Morgan fingerprint density at radius 3 is 2.65 bits per heavy atom. The Hall–Kier alpha value is -1.65. The fraction of sp³-hybridized carbons (Fsp3) is 0.533. The fourth-order valence-corrected chi connectivity index (χ4v) is 2.34. The zero-order valence-corrected chi connectivity index (χ0v) is 12.0. The summed E-state index contributed by atoms with van der Waals surface area (Å²) in [6.07, 6.45) is 0.268. The van der Waals surface area contributed by atoms with Gasteiger partial charge < -0.3 is 9.64 Å². The number of rotatable bonds is 1. The third-order valence-electron chi connectivity index (χ3n) is 3.24. The van der Waals surface area contributed by atoms with E-state index in [9.17, 15) is 13.6 Å². The number of benzene rings is 1. The van der Waals surface area contributed by atoms with Crippen LogP contribution >= 0.6 is 0 Å². The molecule has 0 saturated carbocycles. The van der Waals surface area contributed by atoms with E-state index >= 15 is 0 Å². The van der Waals surface area contributed by atoms with Crippen LogP contribution in [0.2, 0.25) is 0 Å². The van der Waals surface area contributed by atoms with Gasteiger partial charge in [-0.15, -0.1) is 0 Å². The molecular weight excluding hydrogens is 264 g/mol. The monoisotopic (exact) mass is 283 g/mol. The molecule has 1 fully saturated rings. The average molecular weight is 283 g/mol. The second-order valence-electron chi connectivity index (χ2n) is 6.08. The van der Waals surface area contributed by atoms with Crippen LogP contribution in [0.4, 0.5) is 13.6 Å². The average Bonchev–Trinajstić information content (AvgIpc) is 2.75. The van der Waals surface area contributed by atoms with Crippen molar-refractivity contribution < 1.29 is 18.3 Å². The molecule has 1 aliphatic rings. The molecule has 20 heavy (non-hydrogen) atoms. The first-order chi connectivity index (χ1) is 9.26. The molecule has 0 bridgehead atoms. The van der Waals surface area contributed by atoms with E-state index in [-0.39, 0.29) is 12.0 Å². The summed E-state index contributed by atoms with van der Waals surface area (Å²) in [7, 11) is 0. The van der Waals surface area contributed by atoms with E-state index in [1.807, 2.05) is 0 Å². The minimum absolute atomic E-state index is 0.108. The predicted octanol–water partition coefficient (Wildman–Crippen LogP) is 3.69. The molecular formula is C15H19F2NO2. The molecule has 1 amide bonds. The minimum Gasteiger partial charge on any atom is -0.444 e. The standard InChI is InChI=1S/C15H19F2NO2/c1-15(2,3)20-14(19)18-7-6-10(9-18)12-5-4-11(16)8-13(12)17/h4-5,8,10H,6-7,9H2,1-3H3/t10-/m0/s1. The van der Waals surface area contributed by atoms with Crippen LogP contribution in [-0.4, -0.2) is 29.7 Å². The first-order valence-corrected chi connectivity index (χ1v) is 6.69. The topological polar surface area (TPSA) is 29.5 Å². The summed E-state index contributed by atoms with van der Waals surface area (Å²) >= 11 is 0. The molecule has 2 rings (SSSR count). The van der Waals surface area contributed by atoms with Gasteiger partial charge in [-0.1, -0.05) is 6.07 Å². The number of amides is 1. The summed E-state index contributed by atoms with van der Waals surface area (Å²) in [5.74, 6) is -1.25. The zero-order chi connectivity index (χ0) is 14.9. The SMILES string of the molecule is CC(C)(C)OC(=O)N1CC[C@H](c2ccc(F)cc2F)C1. The molecule has 0 aliphatic carbocycles. The zero-order valence-electron chi connectivity index (χ0n) is 12.0. The number of halogens is 2. The van der Waals surface area contributed by atoms with E-state index in [1.165, 1.54) is 12.1 Å². The number of nitrogens with zero attached hydrogens (tertiary/aromatic N) is 1. The van der Waals surface area contributed by atoms with E-state index in [2.05, 4.69) is 0 Å². The van der Waals surface area contributed by atoms with Crippen molar-refractivity contribution in [2.45, 2.75) is 38.7 Å². The summed E-state index contributed by atoms with van der Waals surface area (Å²) in [6.45, 7) is 6.34. The van der Waals surface area contributed by atoms with Crippen molar-refractivity contribution >= 4 is 6.09 Å². The number of carbonyl (C=O) groups is 1. The van der Waals surface area contributed by atoms with Crippen LogP contribution < -0.4 is 0 Å². The van der Waals surface area contributed by atoms with Crippen LogP contribution in [0.1, 0.15) is 38.7 Å². The molecule has 1 heterocycles. The Labute approximate surface area is 117 Å². The molecule has 0 spiro atoms. The van der Waals surface area contributed by atoms with E-state index in [1.54, 1.807) is 25.7 Å². The Morgan fingerprint density at radius 2 is 2.05 bits per heavy atom. The van der Waals surface area contributed by atoms with E-state index < -0.39 is 17.2 Å². The summed E-state index contributed by atoms with van der Waals surface area (Å²) in [4.78, 5) is 13.5. The summed E-state index contributed by atoms with van der Waals surface area (Å²) in [6, 6.07) is 3.58. The molecule has 1 saturated heterocycles. The number of likely N-dealkylation sites (tertiary alicyclic amines) is 1. The van der Waals surface area contributed by atoms with Crippen LogP contribution in [0.5, 0.6) is 0 Å². The highest BCUT2D eigenvalue weighted by Gasteiger charge is 2.31. The minimum atomic E-state index is -0.590. The highest BCUT2D eigenvalue weighted by Crippen LogP contribution is 2.30. The predicted molar refractivity (Wildman–Crippen MR) is 71.5 cm³/mol. The van der Waals surface area contributed by atoms with Gasteiger partial charge in [0, 0.05) is 25.1 Å². The van der Waals surface area contributed by atoms with Gasteiger partial charge in [0.15, 0.2) is 0 Å². The number of hydrogen-bond donors (Lipinski definition) is 0. The highest BCUT2D eigenvalue weighted by atomic mass is 19.1. The van der Waals surface area contributed by atoms with Crippen LogP contribution in [0.15, 0.2) is 18.2 Å². The van der Waals surface area contributed by atoms with Crippen molar-refractivity contribution in [3.63, 3.8) is 0 Å². The van der Waals surface area contributed by atoms with Crippen LogP contribution in [0.25, 0.3) is 0 Å². The maximum atomic E-state index is 13.7. The maximum absolute atomic E-state index is 13.7. The molecule has 1 atom stereocenters. The third-order valence-corrected chi connectivity index (χ3v) is 3.24. The van der Waals surface area contributed by atoms with Crippen LogP contribution in [0, 0.1) is 11.6 Å². The summed E-state index contributed by atoms with van der Waals surface area (Å²) in [5.41, 5.74) is -0.0894. The lowest BCUT2D eigenvalue weighted by Gasteiger charge is -2.24. The Balaban J connectivity index is 2.03. The summed E-state index contributed by atoms with van der Waals surface area (Å²) in [5, 5.41) is 0. The molecule has 0 radical (unpaired) electrons. The number of carbonyl (C=O) groups excluding carboxylic acids is 1. The van der Waals surface area contributed by atoms with Gasteiger partial charge in [-0.25, -0.2) is 13.6 Å². The van der Waals surface area contributed by atoms with E-state index in [0.717, 1.165) is 6.07 Å². The fourth-order valence-electron chi connectivity index (χ4n) is 2.34. The molecule has 0 unspecified atom stereocenters. The molecule has 3 nitrogen and oxygen atoms in total. The van der Waals surface area contributed by atoms with Gasteiger partial charge in [-0.05, 0) is 38.8 Å². The second kappa shape index (κ2) is 5.38.